The van der Waals surface area contributed by atoms with Crippen LogP contribution in [0.4, 0.5) is 8.78 Å². The van der Waals surface area contributed by atoms with E-state index >= 15 is 0 Å². The summed E-state index contributed by atoms with van der Waals surface area (Å²) in [5.41, 5.74) is 8.17. The van der Waals surface area contributed by atoms with E-state index in [0.717, 1.165) is 67.6 Å². The van der Waals surface area contributed by atoms with Crippen LogP contribution in [0.15, 0.2) is 60.2 Å². The Morgan fingerprint density at radius 2 is 1.79 bits per heavy atom. The number of halogens is 3. The van der Waals surface area contributed by atoms with Crippen molar-refractivity contribution < 1.29 is 18.3 Å². The molecule has 1 heterocycles. The number of carbonyl (C=O) groups excluding carboxylic acids is 1. The second-order valence-corrected chi connectivity index (χ2v) is 12.3. The van der Waals surface area contributed by atoms with Gasteiger partial charge in [-0.15, -0.1) is 0 Å². The predicted molar refractivity (Wildman–Crippen MR) is 163 cm³/mol. The molecular weight excluding hydrogens is 554 g/mol. The first kappa shape index (κ1) is 28.9. The molecule has 2 aliphatic carbocycles. The van der Waals surface area contributed by atoms with Gasteiger partial charge in [-0.3, -0.25) is 4.79 Å². The molecule has 2 atom stereocenters. The summed E-state index contributed by atoms with van der Waals surface area (Å²) in [6, 6.07) is 17.2. The zero-order valence-electron chi connectivity index (χ0n) is 24.2. The fourth-order valence-electron chi connectivity index (χ4n) is 6.48. The van der Waals surface area contributed by atoms with Gasteiger partial charge < -0.3 is 15.0 Å². The minimum atomic E-state index is -0.701. The summed E-state index contributed by atoms with van der Waals surface area (Å²) in [7, 11) is 0. The normalized spacial score (nSPS) is 19.7. The van der Waals surface area contributed by atoms with Gasteiger partial charge in [0.2, 0.25) is 0 Å². The van der Waals surface area contributed by atoms with Crippen LogP contribution < -0.4 is 10.1 Å². The SMILES string of the molecule is Cc1cccc(CN(C(=O)C2=C(c3ccc(CCCOc4c(F)ccc(F)c4Cl)cc3)C[C@H]3CNC[C@@H]23)C2CC2)c1C. The Kier molecular flexibility index (Phi) is 8.37. The van der Waals surface area contributed by atoms with E-state index in [0.29, 0.717) is 24.9 Å². The second kappa shape index (κ2) is 12.2. The molecule has 6 rings (SSSR count). The highest BCUT2D eigenvalue weighted by Crippen LogP contribution is 2.46. The number of aryl methyl sites for hydroxylation is 2. The first-order chi connectivity index (χ1) is 20.3. The number of hydrogen-bond acceptors (Lipinski definition) is 3. The number of amides is 1. The van der Waals surface area contributed by atoms with Crippen molar-refractivity contribution >= 4 is 23.1 Å². The van der Waals surface area contributed by atoms with Crippen LogP contribution in [0.3, 0.4) is 0 Å². The molecule has 0 aromatic heterocycles. The molecule has 3 aromatic carbocycles. The van der Waals surface area contributed by atoms with Crippen molar-refractivity contribution in [2.75, 3.05) is 19.7 Å². The Morgan fingerprint density at radius 3 is 2.55 bits per heavy atom. The number of benzene rings is 3. The summed E-state index contributed by atoms with van der Waals surface area (Å²) < 4.78 is 33.1. The molecule has 1 N–H and O–H groups in total. The van der Waals surface area contributed by atoms with Crippen LogP contribution in [0.25, 0.3) is 5.57 Å². The molecule has 0 unspecified atom stereocenters. The smallest absolute Gasteiger partial charge is 0.250 e. The van der Waals surface area contributed by atoms with Crippen LogP contribution in [0.2, 0.25) is 5.02 Å². The van der Waals surface area contributed by atoms with Crippen molar-refractivity contribution in [3.05, 3.63) is 105 Å². The van der Waals surface area contributed by atoms with Gasteiger partial charge in [0.15, 0.2) is 11.6 Å². The highest BCUT2D eigenvalue weighted by atomic mass is 35.5. The zero-order valence-corrected chi connectivity index (χ0v) is 24.9. The number of carbonyl (C=O) groups is 1. The van der Waals surface area contributed by atoms with E-state index in [1.807, 2.05) is 0 Å². The first-order valence-corrected chi connectivity index (χ1v) is 15.3. The van der Waals surface area contributed by atoms with Gasteiger partial charge in [0, 0.05) is 30.6 Å². The van der Waals surface area contributed by atoms with E-state index in [1.54, 1.807) is 0 Å². The second-order valence-electron chi connectivity index (χ2n) is 12.0. The van der Waals surface area contributed by atoms with Gasteiger partial charge in [0.1, 0.15) is 10.8 Å². The molecule has 42 heavy (non-hydrogen) atoms. The van der Waals surface area contributed by atoms with Crippen LogP contribution in [-0.4, -0.2) is 36.5 Å². The molecule has 1 amide bonds. The van der Waals surface area contributed by atoms with Crippen molar-refractivity contribution in [2.24, 2.45) is 11.8 Å². The van der Waals surface area contributed by atoms with Gasteiger partial charge in [-0.1, -0.05) is 54.1 Å². The van der Waals surface area contributed by atoms with Gasteiger partial charge in [-0.2, -0.15) is 0 Å². The van der Waals surface area contributed by atoms with Crippen molar-refractivity contribution in [2.45, 2.75) is 58.5 Å². The molecule has 0 bridgehead atoms. The summed E-state index contributed by atoms with van der Waals surface area (Å²) in [6.45, 7) is 6.96. The van der Waals surface area contributed by atoms with E-state index in [1.165, 1.54) is 22.3 Å². The van der Waals surface area contributed by atoms with Gasteiger partial charge in [0.05, 0.1) is 6.61 Å². The third kappa shape index (κ3) is 5.84. The number of allylic oxidation sites excluding steroid dienone is 1. The van der Waals surface area contributed by atoms with Gasteiger partial charge in [-0.05, 0) is 104 Å². The van der Waals surface area contributed by atoms with Crippen LogP contribution in [-0.2, 0) is 17.8 Å². The van der Waals surface area contributed by atoms with Gasteiger partial charge >= 0.3 is 0 Å². The zero-order chi connectivity index (χ0) is 29.4. The molecule has 4 nitrogen and oxygen atoms in total. The molecule has 1 aliphatic heterocycles. The molecule has 0 radical (unpaired) electrons. The third-order valence-electron chi connectivity index (χ3n) is 9.20. The van der Waals surface area contributed by atoms with E-state index in [4.69, 9.17) is 16.3 Å². The number of ether oxygens (including phenoxy) is 1. The summed E-state index contributed by atoms with van der Waals surface area (Å²) >= 11 is 5.86. The van der Waals surface area contributed by atoms with Crippen LogP contribution >= 0.6 is 11.6 Å². The van der Waals surface area contributed by atoms with E-state index in [-0.39, 0.29) is 29.2 Å². The topological polar surface area (TPSA) is 41.6 Å². The lowest BCUT2D eigenvalue weighted by molar-refractivity contribution is -0.128. The fraction of sp³-hybridized carbons (Fsp3) is 0.400. The average Bonchev–Trinajstić information content (AvgIpc) is 3.61. The molecule has 3 aliphatic rings. The fourth-order valence-corrected chi connectivity index (χ4v) is 6.69. The van der Waals surface area contributed by atoms with E-state index in [9.17, 15) is 13.6 Å². The van der Waals surface area contributed by atoms with E-state index in [2.05, 4.69) is 66.5 Å². The minimum Gasteiger partial charge on any atom is -0.489 e. The molecule has 2 fully saturated rings. The lowest BCUT2D eigenvalue weighted by Gasteiger charge is -2.27. The number of hydrogen-bond donors (Lipinski definition) is 1. The molecule has 3 aromatic rings. The lowest BCUT2D eigenvalue weighted by atomic mass is 9.93. The maximum Gasteiger partial charge on any atom is 0.250 e. The largest absolute Gasteiger partial charge is 0.489 e. The molecule has 1 saturated heterocycles. The highest BCUT2D eigenvalue weighted by Gasteiger charge is 2.44. The van der Waals surface area contributed by atoms with Crippen LogP contribution in [0, 0.1) is 37.3 Å². The molecule has 7 heteroatoms. The van der Waals surface area contributed by atoms with Crippen LogP contribution in [0.5, 0.6) is 5.75 Å². The monoisotopic (exact) mass is 590 g/mol. The summed E-state index contributed by atoms with van der Waals surface area (Å²) in [5.74, 6) is -0.709. The Labute approximate surface area is 251 Å². The summed E-state index contributed by atoms with van der Waals surface area (Å²) in [6.07, 6.45) is 4.40. The minimum absolute atomic E-state index is 0.203. The maximum absolute atomic E-state index is 14.3. The molecule has 220 valence electrons. The molecule has 0 spiro atoms. The van der Waals surface area contributed by atoms with Gasteiger partial charge in [-0.25, -0.2) is 8.78 Å². The lowest BCUT2D eigenvalue weighted by Crippen LogP contribution is -2.36. The third-order valence-corrected chi connectivity index (χ3v) is 9.55. The average molecular weight is 591 g/mol. The van der Waals surface area contributed by atoms with Crippen molar-refractivity contribution in [3.63, 3.8) is 0 Å². The number of rotatable bonds is 10. The standard InChI is InChI=1S/C35H37ClF2N2O2/c1-21-5-3-7-25(22(21)2)20-40(27-12-13-27)35(41)32-28(17-26-18-39-19-29(26)32)24-10-8-23(9-11-24)6-4-16-42-34-31(38)15-14-30(37)33(34)36/h3,5,7-11,14-15,26-27,29,39H,4,6,12-13,16-20H2,1-2H3/t26-,29+/m0/s1. The maximum atomic E-state index is 14.3. The van der Waals surface area contributed by atoms with E-state index < -0.39 is 11.6 Å². The first-order valence-electron chi connectivity index (χ1n) is 15.0. The van der Waals surface area contributed by atoms with Crippen molar-refractivity contribution in [1.29, 1.82) is 0 Å². The summed E-state index contributed by atoms with van der Waals surface area (Å²) in [5, 5.41) is 3.19. The quantitative estimate of drug-likeness (QED) is 0.197. The predicted octanol–water partition coefficient (Wildman–Crippen LogP) is 7.43. The molecule has 1 saturated carbocycles. The number of nitrogens with zero attached hydrogens (tertiary/aromatic N) is 1. The van der Waals surface area contributed by atoms with Crippen molar-refractivity contribution in [3.8, 4) is 5.75 Å². The Hall–Kier alpha value is -3.22. The summed E-state index contributed by atoms with van der Waals surface area (Å²) in [4.78, 5) is 16.5. The Morgan fingerprint density at radius 1 is 1.02 bits per heavy atom. The van der Waals surface area contributed by atoms with Crippen LogP contribution in [0.1, 0.15) is 53.5 Å². The number of nitrogens with one attached hydrogen (secondary N) is 1. The number of fused-ring (bicyclic) bond motifs is 1. The Bertz CT molecular complexity index is 1520. The Balaban J connectivity index is 1.18. The highest BCUT2D eigenvalue weighted by molar-refractivity contribution is 6.32. The van der Waals surface area contributed by atoms with Crippen molar-refractivity contribution in [1.82, 2.24) is 10.2 Å². The molecular formula is C35H37ClF2N2O2. The van der Waals surface area contributed by atoms with Gasteiger partial charge in [0.25, 0.3) is 5.91 Å².